The van der Waals surface area contributed by atoms with Crippen LogP contribution in [0.15, 0.2) is 66.7 Å². The molecule has 0 unspecified atom stereocenters. The highest BCUT2D eigenvalue weighted by Gasteiger charge is 2.12. The molecule has 1 amide bonds. The summed E-state index contributed by atoms with van der Waals surface area (Å²) in [7, 11) is 3.12. The summed E-state index contributed by atoms with van der Waals surface area (Å²) < 4.78 is 18.6. The third-order valence-electron chi connectivity index (χ3n) is 6.11. The van der Waals surface area contributed by atoms with Gasteiger partial charge < -0.3 is 24.1 Å². The molecule has 0 aliphatic heterocycles. The van der Waals surface area contributed by atoms with Gasteiger partial charge in [-0.2, -0.15) is 0 Å². The van der Waals surface area contributed by atoms with Crippen molar-refractivity contribution in [2.75, 3.05) is 27.4 Å². The summed E-state index contributed by atoms with van der Waals surface area (Å²) in [6.07, 6.45) is 3.39. The van der Waals surface area contributed by atoms with E-state index in [0.29, 0.717) is 41.0 Å². The number of hydrogen-bond acceptors (Lipinski definition) is 5. The van der Waals surface area contributed by atoms with Crippen LogP contribution in [-0.2, 0) is 13.0 Å². The second kappa shape index (κ2) is 13.0. The first-order valence-corrected chi connectivity index (χ1v) is 12.8. The number of hydrogen-bond donors (Lipinski definition) is 1. The van der Waals surface area contributed by atoms with Gasteiger partial charge in [0.1, 0.15) is 11.6 Å². The average molecular weight is 522 g/mol. The highest BCUT2D eigenvalue weighted by molar-refractivity contribution is 6.32. The number of carbonyl (C=O) groups excluding carboxylic acids is 1. The van der Waals surface area contributed by atoms with E-state index in [1.807, 2.05) is 42.5 Å². The van der Waals surface area contributed by atoms with Gasteiger partial charge in [-0.25, -0.2) is 4.98 Å². The molecule has 0 fully saturated rings. The predicted octanol–water partition coefficient (Wildman–Crippen LogP) is 5.93. The summed E-state index contributed by atoms with van der Waals surface area (Å²) in [5.74, 6) is 2.71. The number of rotatable bonds is 13. The van der Waals surface area contributed by atoms with Crippen molar-refractivity contribution in [1.29, 1.82) is 0 Å². The topological polar surface area (TPSA) is 74.6 Å². The van der Waals surface area contributed by atoms with Crippen molar-refractivity contribution in [2.24, 2.45) is 0 Å². The van der Waals surface area contributed by atoms with Gasteiger partial charge in [-0.1, -0.05) is 35.9 Å². The van der Waals surface area contributed by atoms with Gasteiger partial charge in [-0.15, -0.1) is 0 Å². The fourth-order valence-electron chi connectivity index (χ4n) is 4.21. The summed E-state index contributed by atoms with van der Waals surface area (Å²) in [6, 6.07) is 20.8. The van der Waals surface area contributed by atoms with Gasteiger partial charge in [-0.05, 0) is 61.7 Å². The fourth-order valence-corrected chi connectivity index (χ4v) is 4.40. The lowest BCUT2D eigenvalue weighted by atomic mass is 10.2. The Labute approximate surface area is 222 Å². The van der Waals surface area contributed by atoms with E-state index in [1.54, 1.807) is 32.4 Å². The molecule has 8 heteroatoms. The van der Waals surface area contributed by atoms with Gasteiger partial charge in [0.15, 0.2) is 11.5 Å². The summed E-state index contributed by atoms with van der Waals surface area (Å²) in [5, 5.41) is 3.62. The van der Waals surface area contributed by atoms with Crippen LogP contribution in [0.4, 0.5) is 0 Å². The number of imidazole rings is 1. The second-order valence-electron chi connectivity index (χ2n) is 8.58. The predicted molar refractivity (Wildman–Crippen MR) is 146 cm³/mol. The van der Waals surface area contributed by atoms with E-state index in [9.17, 15) is 4.79 Å². The van der Waals surface area contributed by atoms with Crippen LogP contribution in [0.25, 0.3) is 11.0 Å². The Morgan fingerprint density at radius 2 is 1.70 bits per heavy atom. The fraction of sp³-hybridized carbons (Fsp3) is 0.310. The second-order valence-corrected chi connectivity index (χ2v) is 8.99. The summed E-state index contributed by atoms with van der Waals surface area (Å²) in [4.78, 5) is 17.5. The molecule has 194 valence electrons. The molecule has 4 aromatic rings. The quantitative estimate of drug-likeness (QED) is 0.221. The minimum atomic E-state index is -0.145. The molecule has 3 aromatic carbocycles. The zero-order valence-corrected chi connectivity index (χ0v) is 22.0. The van der Waals surface area contributed by atoms with Gasteiger partial charge in [0, 0.05) is 25.1 Å². The molecule has 0 spiro atoms. The molecular formula is C29H32ClN3O4. The standard InChI is InChI=1S/C29H32ClN3O4/c1-35-26-16-15-21(20-27(26)36-2)29(34)31-17-9-14-28-32-23-11-4-5-12-24(23)33(28)18-7-8-19-37-25-13-6-3-10-22(25)30/h3-6,10-13,15-16,20H,7-9,14,17-19H2,1-2H3,(H,31,34). The number of ether oxygens (including phenoxy) is 3. The molecule has 0 atom stereocenters. The van der Waals surface area contributed by atoms with Crippen LogP contribution < -0.4 is 19.5 Å². The maximum atomic E-state index is 12.6. The Hall–Kier alpha value is -3.71. The van der Waals surface area contributed by atoms with E-state index in [2.05, 4.69) is 16.0 Å². The van der Waals surface area contributed by atoms with Gasteiger partial charge in [0.2, 0.25) is 0 Å². The number of carbonyl (C=O) groups is 1. The highest BCUT2D eigenvalue weighted by atomic mass is 35.5. The number of methoxy groups -OCH3 is 2. The molecule has 0 saturated carbocycles. The van der Waals surface area contributed by atoms with Crippen molar-refractivity contribution in [3.05, 3.63) is 83.1 Å². The SMILES string of the molecule is COc1ccc(C(=O)NCCCc2nc3ccccc3n2CCCCOc2ccccc2Cl)cc1OC. The van der Waals surface area contributed by atoms with Crippen LogP contribution >= 0.6 is 11.6 Å². The molecule has 0 saturated heterocycles. The first-order valence-electron chi connectivity index (χ1n) is 12.4. The van der Waals surface area contributed by atoms with Gasteiger partial charge in [0.05, 0.1) is 36.9 Å². The Morgan fingerprint density at radius 3 is 2.51 bits per heavy atom. The third kappa shape index (κ3) is 6.74. The lowest BCUT2D eigenvalue weighted by Crippen LogP contribution is -2.25. The number of aromatic nitrogens is 2. The molecule has 1 aromatic heterocycles. The molecule has 1 heterocycles. The number of nitrogens with zero attached hydrogens (tertiary/aromatic N) is 2. The largest absolute Gasteiger partial charge is 0.493 e. The van der Waals surface area contributed by atoms with Crippen LogP contribution in [0.5, 0.6) is 17.2 Å². The number of amides is 1. The monoisotopic (exact) mass is 521 g/mol. The average Bonchev–Trinajstić information content (AvgIpc) is 3.28. The van der Waals surface area contributed by atoms with Gasteiger partial charge in [0.25, 0.3) is 5.91 Å². The van der Waals surface area contributed by atoms with E-state index in [1.165, 1.54) is 0 Å². The normalized spacial score (nSPS) is 10.9. The van der Waals surface area contributed by atoms with Crippen LogP contribution in [-0.4, -0.2) is 42.8 Å². The molecule has 0 aliphatic rings. The Bertz CT molecular complexity index is 1340. The number of unbranched alkanes of at least 4 members (excludes halogenated alkanes) is 1. The maximum absolute atomic E-state index is 12.6. The summed E-state index contributed by atoms with van der Waals surface area (Å²) in [6.45, 7) is 2.00. The van der Waals surface area contributed by atoms with Gasteiger partial charge >= 0.3 is 0 Å². The van der Waals surface area contributed by atoms with Crippen LogP contribution in [0, 0.1) is 0 Å². The van der Waals surface area contributed by atoms with Crippen LogP contribution in [0.3, 0.4) is 0 Å². The molecule has 7 nitrogen and oxygen atoms in total. The number of nitrogens with one attached hydrogen (secondary N) is 1. The number of para-hydroxylation sites is 3. The van der Waals surface area contributed by atoms with Crippen molar-refractivity contribution < 1.29 is 19.0 Å². The first kappa shape index (κ1) is 26.4. The van der Waals surface area contributed by atoms with Crippen molar-refractivity contribution in [3.63, 3.8) is 0 Å². The molecule has 1 N–H and O–H groups in total. The molecule has 0 radical (unpaired) electrons. The minimum absolute atomic E-state index is 0.145. The zero-order chi connectivity index (χ0) is 26.0. The maximum Gasteiger partial charge on any atom is 0.251 e. The Balaban J connectivity index is 1.30. The molecule has 0 bridgehead atoms. The number of halogens is 1. The molecule has 37 heavy (non-hydrogen) atoms. The van der Waals surface area contributed by atoms with Crippen molar-refractivity contribution in [1.82, 2.24) is 14.9 Å². The number of benzene rings is 3. The Morgan fingerprint density at radius 1 is 0.919 bits per heavy atom. The molecule has 4 rings (SSSR count). The summed E-state index contributed by atoms with van der Waals surface area (Å²) in [5.41, 5.74) is 2.64. The van der Waals surface area contributed by atoms with E-state index in [0.717, 1.165) is 49.1 Å². The lowest BCUT2D eigenvalue weighted by molar-refractivity contribution is 0.0952. The van der Waals surface area contributed by atoms with E-state index >= 15 is 0 Å². The van der Waals surface area contributed by atoms with Crippen molar-refractivity contribution >= 4 is 28.5 Å². The van der Waals surface area contributed by atoms with Crippen molar-refractivity contribution in [2.45, 2.75) is 32.2 Å². The van der Waals surface area contributed by atoms with Crippen LogP contribution in [0.1, 0.15) is 35.4 Å². The molecule has 0 aliphatic carbocycles. The minimum Gasteiger partial charge on any atom is -0.493 e. The molecular weight excluding hydrogens is 490 g/mol. The zero-order valence-electron chi connectivity index (χ0n) is 21.2. The van der Waals surface area contributed by atoms with Crippen molar-refractivity contribution in [3.8, 4) is 17.2 Å². The summed E-state index contributed by atoms with van der Waals surface area (Å²) >= 11 is 6.17. The number of fused-ring (bicyclic) bond motifs is 1. The van der Waals surface area contributed by atoms with E-state index in [-0.39, 0.29) is 5.91 Å². The van der Waals surface area contributed by atoms with Gasteiger partial charge in [-0.3, -0.25) is 4.79 Å². The van der Waals surface area contributed by atoms with E-state index < -0.39 is 0 Å². The van der Waals surface area contributed by atoms with Crippen LogP contribution in [0.2, 0.25) is 5.02 Å². The number of aryl methyl sites for hydroxylation is 2. The highest BCUT2D eigenvalue weighted by Crippen LogP contribution is 2.27. The third-order valence-corrected chi connectivity index (χ3v) is 6.42. The smallest absolute Gasteiger partial charge is 0.251 e. The first-order chi connectivity index (χ1) is 18.1. The Kier molecular flexibility index (Phi) is 9.27. The lowest BCUT2D eigenvalue weighted by Gasteiger charge is -2.11. The van der Waals surface area contributed by atoms with E-state index in [4.69, 9.17) is 30.8 Å².